The van der Waals surface area contributed by atoms with Crippen LogP contribution in [0.5, 0.6) is 0 Å². The molecule has 13 heavy (non-hydrogen) atoms. The molecule has 0 unspecified atom stereocenters. The third kappa shape index (κ3) is 2.84. The van der Waals surface area contributed by atoms with Gasteiger partial charge in [0, 0.05) is 11.6 Å². The number of hydrogen-bond donors (Lipinski definition) is 2. The second-order valence-electron chi connectivity index (χ2n) is 2.63. The first-order valence-electron chi connectivity index (χ1n) is 4.04. The zero-order valence-electron chi connectivity index (χ0n) is 7.20. The van der Waals surface area contributed by atoms with E-state index in [2.05, 4.69) is 0 Å². The molecule has 0 fully saturated rings. The Bertz CT molecular complexity index is 310. The molecule has 3 N–H and O–H groups in total. The van der Waals surface area contributed by atoms with E-state index < -0.39 is 0 Å². The quantitative estimate of drug-likeness (QED) is 0.775. The molecule has 70 valence electrons. The lowest BCUT2D eigenvalue weighted by Gasteiger charge is -2.04. The van der Waals surface area contributed by atoms with Gasteiger partial charge in [-0.2, -0.15) is 0 Å². The Balaban J connectivity index is 2.98. The predicted octanol–water partition coefficient (Wildman–Crippen LogP) is 1.67. The van der Waals surface area contributed by atoms with E-state index in [0.29, 0.717) is 11.6 Å². The average Bonchev–Trinajstić information content (AvgIpc) is 2.14. The Morgan fingerprint density at radius 2 is 2.31 bits per heavy atom. The van der Waals surface area contributed by atoms with Crippen LogP contribution in [0.1, 0.15) is 5.56 Å². The molecule has 3 heteroatoms. The van der Waals surface area contributed by atoms with Crippen LogP contribution in [0.3, 0.4) is 0 Å². The molecule has 0 aliphatic carbocycles. The summed E-state index contributed by atoms with van der Waals surface area (Å²) in [5.41, 5.74) is 7.39. The Morgan fingerprint density at radius 1 is 1.54 bits per heavy atom. The van der Waals surface area contributed by atoms with E-state index >= 15 is 0 Å². The van der Waals surface area contributed by atoms with Crippen molar-refractivity contribution in [1.29, 1.82) is 0 Å². The van der Waals surface area contributed by atoms with E-state index in [4.69, 9.17) is 22.4 Å². The van der Waals surface area contributed by atoms with Crippen molar-refractivity contribution >= 4 is 17.2 Å². The summed E-state index contributed by atoms with van der Waals surface area (Å²) in [5, 5.41) is 9.41. The highest BCUT2D eigenvalue weighted by Crippen LogP contribution is 2.17. The standard InChI is InChI=1S/C10H12ClNO/c11-10-3-1-2-8(6-10)9(7-12)4-5-13/h1-4,6,13H,5,7,12H2. The summed E-state index contributed by atoms with van der Waals surface area (Å²) < 4.78 is 0. The fourth-order valence-electron chi connectivity index (χ4n) is 1.12. The smallest absolute Gasteiger partial charge is 0.0618 e. The number of aliphatic hydroxyl groups is 1. The number of aliphatic hydroxyl groups excluding tert-OH is 1. The van der Waals surface area contributed by atoms with Gasteiger partial charge < -0.3 is 10.8 Å². The van der Waals surface area contributed by atoms with Crippen LogP contribution in [0, 0.1) is 0 Å². The van der Waals surface area contributed by atoms with E-state index in [1.165, 1.54) is 0 Å². The Morgan fingerprint density at radius 3 is 2.85 bits per heavy atom. The minimum atomic E-state index is -0.000946. The molecule has 0 bridgehead atoms. The lowest BCUT2D eigenvalue weighted by molar-refractivity contribution is 0.343. The van der Waals surface area contributed by atoms with Crippen molar-refractivity contribution in [3.8, 4) is 0 Å². The van der Waals surface area contributed by atoms with Crippen LogP contribution < -0.4 is 5.73 Å². The first kappa shape index (κ1) is 10.3. The van der Waals surface area contributed by atoms with Crippen LogP contribution in [0.25, 0.3) is 5.57 Å². The second-order valence-corrected chi connectivity index (χ2v) is 3.06. The minimum absolute atomic E-state index is 0.000946. The highest BCUT2D eigenvalue weighted by atomic mass is 35.5. The Kier molecular flexibility index (Phi) is 3.96. The van der Waals surface area contributed by atoms with Gasteiger partial charge in [-0.3, -0.25) is 0 Å². The van der Waals surface area contributed by atoms with Gasteiger partial charge in [-0.25, -0.2) is 0 Å². The summed E-state index contributed by atoms with van der Waals surface area (Å²) in [5.74, 6) is 0. The maximum Gasteiger partial charge on any atom is 0.0618 e. The monoisotopic (exact) mass is 197 g/mol. The maximum absolute atomic E-state index is 8.73. The molecular formula is C10H12ClNO. The second kappa shape index (κ2) is 5.02. The molecule has 0 heterocycles. The van der Waals surface area contributed by atoms with Gasteiger partial charge in [-0.15, -0.1) is 0 Å². The molecule has 0 aliphatic rings. The third-order valence-electron chi connectivity index (χ3n) is 1.75. The molecule has 0 spiro atoms. The topological polar surface area (TPSA) is 46.2 Å². The van der Waals surface area contributed by atoms with Gasteiger partial charge in [0.2, 0.25) is 0 Å². The van der Waals surface area contributed by atoms with Crippen LogP contribution in [0.15, 0.2) is 30.3 Å². The molecule has 1 rings (SSSR count). The lowest BCUT2D eigenvalue weighted by atomic mass is 10.1. The molecule has 2 nitrogen and oxygen atoms in total. The number of benzene rings is 1. The zero-order chi connectivity index (χ0) is 9.68. The van der Waals surface area contributed by atoms with E-state index in [-0.39, 0.29) is 6.61 Å². The van der Waals surface area contributed by atoms with E-state index in [9.17, 15) is 0 Å². The maximum atomic E-state index is 8.73. The van der Waals surface area contributed by atoms with Crippen molar-refractivity contribution < 1.29 is 5.11 Å². The lowest BCUT2D eigenvalue weighted by Crippen LogP contribution is -2.03. The van der Waals surface area contributed by atoms with Gasteiger partial charge in [0.1, 0.15) is 0 Å². The molecule has 0 aliphatic heterocycles. The molecule has 1 aromatic carbocycles. The molecule has 0 atom stereocenters. The van der Waals surface area contributed by atoms with Gasteiger partial charge in [-0.1, -0.05) is 29.8 Å². The summed E-state index contributed by atoms with van der Waals surface area (Å²) >= 11 is 5.82. The normalized spacial score (nSPS) is 11.8. The van der Waals surface area contributed by atoms with E-state index in [0.717, 1.165) is 11.1 Å². The number of nitrogens with two attached hydrogens (primary N) is 1. The minimum Gasteiger partial charge on any atom is -0.392 e. The molecule has 0 amide bonds. The summed E-state index contributed by atoms with van der Waals surface area (Å²) in [4.78, 5) is 0. The van der Waals surface area contributed by atoms with Crippen molar-refractivity contribution in [1.82, 2.24) is 0 Å². The molecule has 0 radical (unpaired) electrons. The van der Waals surface area contributed by atoms with Crippen molar-refractivity contribution in [2.75, 3.05) is 13.2 Å². The highest BCUT2D eigenvalue weighted by molar-refractivity contribution is 6.30. The fourth-order valence-corrected chi connectivity index (χ4v) is 1.31. The predicted molar refractivity (Wildman–Crippen MR) is 55.6 cm³/mol. The van der Waals surface area contributed by atoms with Crippen LogP contribution in [-0.2, 0) is 0 Å². The molecular weight excluding hydrogens is 186 g/mol. The summed E-state index contributed by atoms with van der Waals surface area (Å²) in [6, 6.07) is 7.41. The number of rotatable bonds is 3. The van der Waals surface area contributed by atoms with Gasteiger partial charge in [-0.05, 0) is 23.3 Å². The number of hydrogen-bond acceptors (Lipinski definition) is 2. The first-order chi connectivity index (χ1) is 6.27. The molecule has 0 aromatic heterocycles. The Hall–Kier alpha value is -0.830. The van der Waals surface area contributed by atoms with Crippen LogP contribution in [0.2, 0.25) is 5.02 Å². The zero-order valence-corrected chi connectivity index (χ0v) is 7.96. The summed E-state index contributed by atoms with van der Waals surface area (Å²) in [6.45, 7) is 0.403. The van der Waals surface area contributed by atoms with Gasteiger partial charge in [0.15, 0.2) is 0 Å². The van der Waals surface area contributed by atoms with E-state index in [1.54, 1.807) is 12.1 Å². The molecule has 0 saturated heterocycles. The van der Waals surface area contributed by atoms with E-state index in [1.807, 2.05) is 18.2 Å². The van der Waals surface area contributed by atoms with Crippen molar-refractivity contribution in [2.24, 2.45) is 5.73 Å². The van der Waals surface area contributed by atoms with Crippen molar-refractivity contribution in [2.45, 2.75) is 0 Å². The van der Waals surface area contributed by atoms with Crippen LogP contribution >= 0.6 is 11.6 Å². The van der Waals surface area contributed by atoms with Crippen molar-refractivity contribution in [3.63, 3.8) is 0 Å². The van der Waals surface area contributed by atoms with Gasteiger partial charge in [0.25, 0.3) is 0 Å². The van der Waals surface area contributed by atoms with Crippen molar-refractivity contribution in [3.05, 3.63) is 40.9 Å². The molecule has 0 saturated carbocycles. The van der Waals surface area contributed by atoms with Gasteiger partial charge >= 0.3 is 0 Å². The SMILES string of the molecule is NCC(=CCO)c1cccc(Cl)c1. The van der Waals surface area contributed by atoms with Gasteiger partial charge in [0.05, 0.1) is 6.61 Å². The highest BCUT2D eigenvalue weighted by Gasteiger charge is 1.98. The molecule has 1 aromatic rings. The average molecular weight is 198 g/mol. The third-order valence-corrected chi connectivity index (χ3v) is 1.99. The Labute approximate surface area is 82.6 Å². The summed E-state index contributed by atoms with van der Waals surface area (Å²) in [6.07, 6.45) is 1.69. The number of halogens is 1. The summed E-state index contributed by atoms with van der Waals surface area (Å²) in [7, 11) is 0. The first-order valence-corrected chi connectivity index (χ1v) is 4.41. The fraction of sp³-hybridized carbons (Fsp3) is 0.200. The largest absolute Gasteiger partial charge is 0.392 e. The van der Waals surface area contributed by atoms with Crippen LogP contribution in [-0.4, -0.2) is 18.3 Å². The van der Waals surface area contributed by atoms with Crippen LogP contribution in [0.4, 0.5) is 0 Å².